The van der Waals surface area contributed by atoms with Crippen molar-refractivity contribution >= 4 is 34.4 Å². The molecule has 7 nitrogen and oxygen atoms in total. The fraction of sp³-hybridized carbons (Fsp3) is 0.429. The van der Waals surface area contributed by atoms with Crippen LogP contribution in [0.2, 0.25) is 0 Å². The van der Waals surface area contributed by atoms with Crippen molar-refractivity contribution in [3.63, 3.8) is 0 Å². The number of thiazole rings is 1. The first-order chi connectivity index (χ1) is 14.2. The topological polar surface area (TPSA) is 93.8 Å². The molecule has 0 bridgehead atoms. The third-order valence-corrected chi connectivity index (χ3v) is 6.23. The zero-order chi connectivity index (χ0) is 20.2. The minimum absolute atomic E-state index is 0.0326. The quantitative estimate of drug-likeness (QED) is 0.711. The summed E-state index contributed by atoms with van der Waals surface area (Å²) in [7, 11) is 0. The second-order valence-corrected chi connectivity index (χ2v) is 8.20. The number of ketones is 1. The van der Waals surface area contributed by atoms with Gasteiger partial charge in [0, 0.05) is 37.1 Å². The summed E-state index contributed by atoms with van der Waals surface area (Å²) >= 11 is 1.20. The van der Waals surface area contributed by atoms with E-state index in [4.69, 9.17) is 9.15 Å². The Morgan fingerprint density at radius 2 is 2.14 bits per heavy atom. The number of carbonyl (C=O) groups is 2. The molecule has 1 unspecified atom stereocenters. The predicted molar refractivity (Wildman–Crippen MR) is 111 cm³/mol. The molecule has 2 aromatic heterocycles. The molecule has 29 heavy (non-hydrogen) atoms. The van der Waals surface area contributed by atoms with Gasteiger partial charge in [-0.1, -0.05) is 18.3 Å². The van der Waals surface area contributed by atoms with Gasteiger partial charge in [-0.25, -0.2) is 4.98 Å². The van der Waals surface area contributed by atoms with Crippen molar-refractivity contribution in [3.05, 3.63) is 35.0 Å². The molecule has 152 valence electrons. The zero-order valence-electron chi connectivity index (χ0n) is 16.2. The first-order valence-corrected chi connectivity index (χ1v) is 10.7. The van der Waals surface area contributed by atoms with Gasteiger partial charge in [-0.15, -0.1) is 0 Å². The summed E-state index contributed by atoms with van der Waals surface area (Å²) in [5, 5.41) is 3.23. The molecule has 0 spiro atoms. The monoisotopic (exact) mass is 413 g/mol. The van der Waals surface area contributed by atoms with Gasteiger partial charge in [0.05, 0.1) is 6.26 Å². The molecular weight excluding hydrogens is 390 g/mol. The Hall–Kier alpha value is -2.58. The summed E-state index contributed by atoms with van der Waals surface area (Å²) < 4.78 is 10.9. The number of aromatic nitrogens is 1. The molecular formula is C21H23N3O4S. The maximum absolute atomic E-state index is 13.1. The van der Waals surface area contributed by atoms with E-state index in [-0.39, 0.29) is 23.5 Å². The Labute approximate surface area is 172 Å². The lowest BCUT2D eigenvalue weighted by Gasteiger charge is -2.20. The summed E-state index contributed by atoms with van der Waals surface area (Å²) in [6, 6.07) is 3.52. The van der Waals surface area contributed by atoms with Crippen LogP contribution in [0, 0.1) is 11.8 Å². The number of carbonyl (C=O) groups excluding carboxylic acids is 2. The van der Waals surface area contributed by atoms with Crippen LogP contribution in [0.3, 0.4) is 0 Å². The molecule has 8 heteroatoms. The molecule has 2 aromatic rings. The molecule has 4 rings (SSSR count). The Morgan fingerprint density at radius 1 is 1.31 bits per heavy atom. The number of amides is 1. The molecule has 0 radical (unpaired) electrons. The van der Waals surface area contributed by atoms with E-state index in [0.717, 1.165) is 6.42 Å². The fourth-order valence-electron chi connectivity index (χ4n) is 3.49. The maximum atomic E-state index is 13.1. The van der Waals surface area contributed by atoms with Gasteiger partial charge in [-0.05, 0) is 43.7 Å². The first kappa shape index (κ1) is 19.7. The van der Waals surface area contributed by atoms with Gasteiger partial charge in [0.1, 0.15) is 10.6 Å². The second-order valence-electron chi connectivity index (χ2n) is 7.20. The number of nitrogens with zero attached hydrogens (tertiary/aromatic N) is 2. The lowest BCUT2D eigenvalue weighted by molar-refractivity contribution is -0.113. The van der Waals surface area contributed by atoms with Crippen LogP contribution >= 0.6 is 11.3 Å². The number of anilines is 1. The lowest BCUT2D eigenvalue weighted by Crippen LogP contribution is -2.23. The SMILES string of the molecule is CCC1C=NC=C(C(=O)Nc2nc(-c3ccco3)c(C(=O)C3CCOCC3)s2)C1. The van der Waals surface area contributed by atoms with Crippen LogP contribution in [0.1, 0.15) is 42.3 Å². The van der Waals surface area contributed by atoms with Gasteiger partial charge in [-0.2, -0.15) is 0 Å². The van der Waals surface area contributed by atoms with Crippen LogP contribution in [0.25, 0.3) is 11.5 Å². The Bertz CT molecular complexity index is 939. The molecule has 1 N–H and O–H groups in total. The van der Waals surface area contributed by atoms with Crippen LogP contribution in [0.5, 0.6) is 0 Å². The van der Waals surface area contributed by atoms with E-state index in [1.807, 2.05) is 6.21 Å². The molecule has 1 amide bonds. The number of furan rings is 1. The maximum Gasteiger partial charge on any atom is 0.254 e. The van der Waals surface area contributed by atoms with E-state index in [1.54, 1.807) is 24.6 Å². The van der Waals surface area contributed by atoms with E-state index >= 15 is 0 Å². The van der Waals surface area contributed by atoms with E-state index in [9.17, 15) is 9.59 Å². The van der Waals surface area contributed by atoms with Crippen molar-refractivity contribution in [2.75, 3.05) is 18.5 Å². The van der Waals surface area contributed by atoms with Gasteiger partial charge in [0.25, 0.3) is 5.91 Å². The average Bonchev–Trinajstić information content (AvgIpc) is 3.44. The van der Waals surface area contributed by atoms with Crippen molar-refractivity contribution in [1.82, 2.24) is 4.98 Å². The smallest absolute Gasteiger partial charge is 0.254 e. The van der Waals surface area contributed by atoms with E-state index in [1.165, 1.54) is 11.3 Å². The minimum Gasteiger partial charge on any atom is -0.463 e. The zero-order valence-corrected chi connectivity index (χ0v) is 17.0. The average molecular weight is 413 g/mol. The number of ether oxygens (including phenoxy) is 1. The molecule has 1 atom stereocenters. The molecule has 2 aliphatic heterocycles. The highest BCUT2D eigenvalue weighted by atomic mass is 32.1. The lowest BCUT2D eigenvalue weighted by atomic mass is 9.94. The number of nitrogens with one attached hydrogen (secondary N) is 1. The number of aliphatic imine (C=N–C) groups is 1. The highest BCUT2D eigenvalue weighted by molar-refractivity contribution is 7.18. The van der Waals surface area contributed by atoms with Gasteiger partial charge in [0.15, 0.2) is 16.7 Å². The Balaban J connectivity index is 1.58. The van der Waals surface area contributed by atoms with Crippen LogP contribution < -0.4 is 5.32 Å². The van der Waals surface area contributed by atoms with Crippen molar-refractivity contribution < 1.29 is 18.7 Å². The fourth-order valence-corrected chi connectivity index (χ4v) is 4.47. The summed E-state index contributed by atoms with van der Waals surface area (Å²) in [4.78, 5) is 35.0. The van der Waals surface area contributed by atoms with Crippen molar-refractivity contribution in [1.29, 1.82) is 0 Å². The normalized spacial score (nSPS) is 19.8. The largest absolute Gasteiger partial charge is 0.463 e. The Morgan fingerprint density at radius 3 is 2.86 bits per heavy atom. The molecule has 0 saturated carbocycles. The molecule has 1 fully saturated rings. The molecule has 4 heterocycles. The van der Waals surface area contributed by atoms with Gasteiger partial charge in [-0.3, -0.25) is 19.9 Å². The van der Waals surface area contributed by atoms with Gasteiger partial charge in [0.2, 0.25) is 0 Å². The van der Waals surface area contributed by atoms with E-state index < -0.39 is 0 Å². The third-order valence-electron chi connectivity index (χ3n) is 5.24. The van der Waals surface area contributed by atoms with Crippen LogP contribution in [0.15, 0.2) is 39.6 Å². The number of Topliss-reactive ketones (excluding diaryl/α,β-unsaturated/α-hetero) is 1. The van der Waals surface area contributed by atoms with E-state index in [0.29, 0.717) is 59.5 Å². The molecule has 0 aliphatic carbocycles. The van der Waals surface area contributed by atoms with Gasteiger partial charge >= 0.3 is 0 Å². The summed E-state index contributed by atoms with van der Waals surface area (Å²) in [6.45, 7) is 3.24. The van der Waals surface area contributed by atoms with Gasteiger partial charge < -0.3 is 9.15 Å². The van der Waals surface area contributed by atoms with Crippen molar-refractivity contribution in [2.24, 2.45) is 16.8 Å². The predicted octanol–water partition coefficient (Wildman–Crippen LogP) is 4.34. The number of hydrogen-bond acceptors (Lipinski definition) is 7. The van der Waals surface area contributed by atoms with Crippen LogP contribution in [-0.2, 0) is 9.53 Å². The second kappa shape index (κ2) is 8.84. The molecule has 0 aromatic carbocycles. The molecule has 2 aliphatic rings. The minimum atomic E-state index is -0.231. The van der Waals surface area contributed by atoms with Crippen molar-refractivity contribution in [3.8, 4) is 11.5 Å². The Kier molecular flexibility index (Phi) is 6.01. The van der Waals surface area contributed by atoms with Crippen LogP contribution in [0.4, 0.5) is 5.13 Å². The highest BCUT2D eigenvalue weighted by Gasteiger charge is 2.29. The van der Waals surface area contributed by atoms with E-state index in [2.05, 4.69) is 22.2 Å². The van der Waals surface area contributed by atoms with Crippen molar-refractivity contribution in [2.45, 2.75) is 32.6 Å². The highest BCUT2D eigenvalue weighted by Crippen LogP contribution is 2.35. The number of hydrogen-bond donors (Lipinski definition) is 1. The third kappa shape index (κ3) is 4.38. The standard InChI is InChI=1S/C21H23N3O4S/c1-2-13-10-15(12-22-11-13)20(26)24-21-23-17(16-4-3-7-28-16)19(29-21)18(25)14-5-8-27-9-6-14/h3-4,7,11-14H,2,5-6,8-10H2,1H3,(H,23,24,26). The summed E-state index contributed by atoms with van der Waals surface area (Å²) in [5.74, 6) is 0.489. The summed E-state index contributed by atoms with van der Waals surface area (Å²) in [5.41, 5.74) is 1.10. The molecule has 1 saturated heterocycles. The summed E-state index contributed by atoms with van der Waals surface area (Å²) in [6.07, 6.45) is 7.98. The van der Waals surface area contributed by atoms with Crippen LogP contribution in [-0.4, -0.2) is 36.1 Å². The first-order valence-electron chi connectivity index (χ1n) is 9.86. The number of rotatable bonds is 6.